The zero-order chi connectivity index (χ0) is 27.0. The number of carbonyl (C=O) groups is 1. The maximum atomic E-state index is 12.1. The molecule has 1 aromatic rings. The molecule has 7 rings (SSSR count). The molecule has 38 heavy (non-hydrogen) atoms. The highest BCUT2D eigenvalue weighted by Gasteiger charge is 2.66. The average Bonchev–Trinajstić information content (AvgIpc) is 3.24. The first-order chi connectivity index (χ1) is 18.1. The number of amides is 1. The van der Waals surface area contributed by atoms with Gasteiger partial charge in [0.25, 0.3) is 10.1 Å². The van der Waals surface area contributed by atoms with Gasteiger partial charge in [-0.2, -0.15) is 18.2 Å². The van der Waals surface area contributed by atoms with Crippen LogP contribution in [0.2, 0.25) is 0 Å². The number of rotatable bonds is 6. The molecular weight excluding hydrogens is 508 g/mol. The highest BCUT2D eigenvalue weighted by molar-refractivity contribution is 7.85. The summed E-state index contributed by atoms with van der Waals surface area (Å²) in [5, 5.41) is 2.97. The van der Waals surface area contributed by atoms with Crippen molar-refractivity contribution in [3.05, 3.63) is 29.8 Å². The Balaban J connectivity index is 0.000000226. The van der Waals surface area contributed by atoms with Crippen LogP contribution in [0.3, 0.4) is 0 Å². The predicted molar refractivity (Wildman–Crippen MR) is 140 cm³/mol. The van der Waals surface area contributed by atoms with Crippen molar-refractivity contribution in [2.45, 2.75) is 94.0 Å². The van der Waals surface area contributed by atoms with Crippen LogP contribution in [0.1, 0.15) is 76.2 Å². The van der Waals surface area contributed by atoms with Crippen molar-refractivity contribution in [3.63, 3.8) is 0 Å². The van der Waals surface area contributed by atoms with Crippen molar-refractivity contribution in [2.24, 2.45) is 35.3 Å². The Morgan fingerprint density at radius 2 is 1.63 bits per heavy atom. The fourth-order valence-corrected chi connectivity index (χ4v) is 7.97. The monoisotopic (exact) mass is 550 g/mol. The fraction of sp³-hybridized carbons (Fsp3) is 0.750. The molecule has 6 fully saturated rings. The van der Waals surface area contributed by atoms with Crippen LogP contribution in [0.25, 0.3) is 0 Å². The summed E-state index contributed by atoms with van der Waals surface area (Å²) in [4.78, 5) is 24.0. The van der Waals surface area contributed by atoms with E-state index in [1.807, 2.05) is 6.92 Å². The highest BCUT2D eigenvalue weighted by atomic mass is 32.2. The number of hydrogen-bond donors (Lipinski definition) is 3. The Labute approximate surface area is 225 Å². The second kappa shape index (κ2) is 11.1. The van der Waals surface area contributed by atoms with E-state index in [4.69, 9.17) is 24.8 Å². The maximum absolute atomic E-state index is 12.1. The van der Waals surface area contributed by atoms with E-state index in [2.05, 4.69) is 5.32 Å². The van der Waals surface area contributed by atoms with Crippen LogP contribution < -0.4 is 11.1 Å². The molecular formula is C28H42N2O7S. The second-order valence-corrected chi connectivity index (χ2v) is 13.6. The van der Waals surface area contributed by atoms with E-state index in [1.165, 1.54) is 44.2 Å². The van der Waals surface area contributed by atoms with Crippen LogP contribution in [0.5, 0.6) is 0 Å². The Bertz CT molecular complexity index is 1050. The summed E-state index contributed by atoms with van der Waals surface area (Å²) < 4.78 is 36.3. The number of nitrogens with one attached hydrogen (secondary N) is 1. The molecule has 212 valence electrons. The van der Waals surface area contributed by atoms with E-state index in [9.17, 15) is 13.2 Å². The van der Waals surface area contributed by atoms with Crippen molar-refractivity contribution < 1.29 is 32.3 Å². The number of ether oxygens (including phenoxy) is 1. The molecule has 5 aliphatic carbocycles. The first-order valence-corrected chi connectivity index (χ1v) is 15.6. The van der Waals surface area contributed by atoms with E-state index in [-0.39, 0.29) is 10.8 Å². The normalized spacial score (nSPS) is 37.3. The molecule has 0 aromatic heterocycles. The molecule has 6 aliphatic rings. The number of carbonyl (C=O) groups excluding carboxylic acids is 1. The molecule has 1 aliphatic heterocycles. The van der Waals surface area contributed by atoms with Crippen molar-refractivity contribution in [1.29, 1.82) is 0 Å². The van der Waals surface area contributed by atoms with Crippen molar-refractivity contribution in [1.82, 2.24) is 5.32 Å². The largest absolute Gasteiger partial charge is 0.356 e. The molecule has 4 N–H and O–H groups in total. The lowest BCUT2D eigenvalue weighted by molar-refractivity contribution is -0.390. The first kappa shape index (κ1) is 28.0. The summed E-state index contributed by atoms with van der Waals surface area (Å²) >= 11 is 0. The summed E-state index contributed by atoms with van der Waals surface area (Å²) in [7, 11) is -4.02. The quantitative estimate of drug-likeness (QED) is 0.274. The third kappa shape index (κ3) is 5.95. The minimum atomic E-state index is -4.02. The predicted octanol–water partition coefficient (Wildman–Crippen LogP) is 4.10. The van der Waals surface area contributed by atoms with Crippen molar-refractivity contribution >= 4 is 16.0 Å². The van der Waals surface area contributed by atoms with Gasteiger partial charge in [-0.05, 0) is 94.7 Å². The van der Waals surface area contributed by atoms with E-state index >= 15 is 0 Å². The Morgan fingerprint density at radius 3 is 2.18 bits per heavy atom. The highest BCUT2D eigenvalue weighted by Crippen LogP contribution is 2.63. The summed E-state index contributed by atoms with van der Waals surface area (Å²) in [5.41, 5.74) is 6.43. The standard InChI is InChI=1S/C21H34N2O4.C7H8O3S/c22-6-1-7-23-19(24)13-14-2-4-20(5-3-14)25-21(27-26-20)17-9-15-8-16(11-17)12-18(21)10-15;1-6-2-4-7(5-3-6)11(8,9)10/h14-18H,1-13,22H2,(H,23,24);2-5H,1H3,(H,8,9,10). The molecule has 10 heteroatoms. The molecule has 9 nitrogen and oxygen atoms in total. The average molecular weight is 551 g/mol. The zero-order valence-electron chi connectivity index (χ0n) is 22.3. The third-order valence-corrected chi connectivity index (χ3v) is 10.2. The van der Waals surface area contributed by atoms with Gasteiger partial charge >= 0.3 is 0 Å². The van der Waals surface area contributed by atoms with E-state index in [0.29, 0.717) is 37.3 Å². The first-order valence-electron chi connectivity index (χ1n) is 14.2. The lowest BCUT2D eigenvalue weighted by Gasteiger charge is -2.57. The molecule has 4 bridgehead atoms. The van der Waals surface area contributed by atoms with Gasteiger partial charge in [-0.15, -0.1) is 0 Å². The second-order valence-electron chi connectivity index (χ2n) is 12.1. The molecule has 0 atom stereocenters. The van der Waals surface area contributed by atoms with Crippen molar-refractivity contribution in [2.75, 3.05) is 13.1 Å². The van der Waals surface area contributed by atoms with Crippen LogP contribution in [0.15, 0.2) is 29.2 Å². The zero-order valence-corrected chi connectivity index (χ0v) is 23.1. The Kier molecular flexibility index (Phi) is 8.20. The van der Waals surface area contributed by atoms with Gasteiger partial charge in [-0.1, -0.05) is 17.7 Å². The number of hydrogen-bond acceptors (Lipinski definition) is 7. The lowest BCUT2D eigenvalue weighted by Crippen LogP contribution is -2.59. The molecule has 1 saturated heterocycles. The molecule has 1 heterocycles. The van der Waals surface area contributed by atoms with Gasteiger partial charge in [0.15, 0.2) is 0 Å². The SMILES string of the molecule is Cc1ccc(S(=O)(=O)O)cc1.NCCCNC(=O)CC1CCC2(CC1)OOC1(O2)C2CC3CC(C2)CC1C3. The topological polar surface area (TPSA) is 137 Å². The molecule has 5 saturated carbocycles. The van der Waals surface area contributed by atoms with E-state index < -0.39 is 21.7 Å². The molecule has 2 spiro atoms. The van der Waals surface area contributed by atoms with Crippen LogP contribution in [-0.4, -0.2) is 43.5 Å². The smallest absolute Gasteiger partial charge is 0.294 e. The van der Waals surface area contributed by atoms with Gasteiger partial charge in [-0.3, -0.25) is 9.35 Å². The molecule has 0 radical (unpaired) electrons. The minimum absolute atomic E-state index is 0.0666. The van der Waals surface area contributed by atoms with Gasteiger partial charge in [0, 0.05) is 37.6 Å². The van der Waals surface area contributed by atoms with Gasteiger partial charge in [0.2, 0.25) is 17.5 Å². The molecule has 1 aromatic carbocycles. The van der Waals surface area contributed by atoms with Crippen molar-refractivity contribution in [3.8, 4) is 0 Å². The summed E-state index contributed by atoms with van der Waals surface area (Å²) in [5.74, 6) is 2.31. The Morgan fingerprint density at radius 1 is 1.03 bits per heavy atom. The van der Waals surface area contributed by atoms with Crippen LogP contribution >= 0.6 is 0 Å². The van der Waals surface area contributed by atoms with Gasteiger partial charge in [-0.25, -0.2) is 0 Å². The summed E-state index contributed by atoms with van der Waals surface area (Å²) in [6.45, 7) is 3.14. The molecule has 0 unspecified atom stereocenters. The van der Waals surface area contributed by atoms with Gasteiger partial charge in [0.05, 0.1) is 4.90 Å². The minimum Gasteiger partial charge on any atom is -0.356 e. The lowest BCUT2D eigenvalue weighted by atomic mass is 9.53. The van der Waals surface area contributed by atoms with E-state index in [0.717, 1.165) is 49.5 Å². The summed E-state index contributed by atoms with van der Waals surface area (Å²) in [6.07, 6.45) is 11.4. The Hall–Kier alpha value is -1.56. The number of nitrogens with two attached hydrogens (primary N) is 1. The van der Waals surface area contributed by atoms with Crippen LogP contribution in [0.4, 0.5) is 0 Å². The van der Waals surface area contributed by atoms with Crippen LogP contribution in [0, 0.1) is 36.5 Å². The fourth-order valence-electron chi connectivity index (χ4n) is 7.49. The van der Waals surface area contributed by atoms with E-state index in [1.54, 1.807) is 12.1 Å². The maximum Gasteiger partial charge on any atom is 0.294 e. The van der Waals surface area contributed by atoms with Crippen LogP contribution in [-0.2, 0) is 29.4 Å². The van der Waals surface area contributed by atoms with Gasteiger partial charge in [0.1, 0.15) is 0 Å². The number of benzene rings is 1. The van der Waals surface area contributed by atoms with Gasteiger partial charge < -0.3 is 15.8 Å². The molecule has 1 amide bonds. The number of aryl methyl sites for hydroxylation is 1. The summed E-state index contributed by atoms with van der Waals surface area (Å²) in [6, 6.07) is 5.99. The third-order valence-electron chi connectivity index (χ3n) is 9.31.